The van der Waals surface area contributed by atoms with E-state index in [9.17, 15) is 4.79 Å². The Morgan fingerprint density at radius 2 is 2.55 bits per heavy atom. The van der Waals surface area contributed by atoms with Crippen LogP contribution >= 0.6 is 23.4 Å². The lowest BCUT2D eigenvalue weighted by Gasteiger charge is -1.92. The molecule has 0 unspecified atom stereocenters. The summed E-state index contributed by atoms with van der Waals surface area (Å²) in [6.45, 7) is 0. The molecule has 0 saturated carbocycles. The lowest BCUT2D eigenvalue weighted by Crippen LogP contribution is -1.96. The van der Waals surface area contributed by atoms with E-state index in [4.69, 9.17) is 11.6 Å². The van der Waals surface area contributed by atoms with Gasteiger partial charge in [0, 0.05) is 7.05 Å². The monoisotopic (exact) mass is 192 g/mol. The van der Waals surface area contributed by atoms with Crippen molar-refractivity contribution in [1.29, 1.82) is 0 Å². The standard InChI is InChI=1S/C4H5ClN4OS/c1-9-4(6-7-8-9)11-2-3(5)10/h2H2,1H3. The molecule has 0 atom stereocenters. The van der Waals surface area contributed by atoms with Gasteiger partial charge in [0.1, 0.15) is 0 Å². The third kappa shape index (κ3) is 2.47. The number of aryl methyl sites for hydroxylation is 1. The minimum absolute atomic E-state index is 0.190. The zero-order valence-corrected chi connectivity index (χ0v) is 7.26. The van der Waals surface area contributed by atoms with Gasteiger partial charge in [0.25, 0.3) is 0 Å². The number of tetrazole rings is 1. The number of aromatic nitrogens is 4. The molecule has 0 N–H and O–H groups in total. The van der Waals surface area contributed by atoms with Gasteiger partial charge in [-0.05, 0) is 22.0 Å². The largest absolute Gasteiger partial charge is 0.280 e. The van der Waals surface area contributed by atoms with Crippen LogP contribution in [-0.4, -0.2) is 31.2 Å². The molecule has 1 aromatic rings. The van der Waals surface area contributed by atoms with E-state index in [1.807, 2.05) is 0 Å². The van der Waals surface area contributed by atoms with E-state index >= 15 is 0 Å². The van der Waals surface area contributed by atoms with Gasteiger partial charge in [-0.2, -0.15) is 0 Å². The number of rotatable bonds is 3. The Kier molecular flexibility index (Phi) is 2.84. The molecule has 1 heterocycles. The molecule has 0 saturated heterocycles. The number of hydrogen-bond acceptors (Lipinski definition) is 5. The lowest BCUT2D eigenvalue weighted by atomic mass is 10.9. The van der Waals surface area contributed by atoms with E-state index in [0.29, 0.717) is 5.16 Å². The van der Waals surface area contributed by atoms with Gasteiger partial charge >= 0.3 is 0 Å². The first-order chi connectivity index (χ1) is 5.20. The molecular weight excluding hydrogens is 188 g/mol. The Hall–Kier alpha value is -0.620. The minimum atomic E-state index is -0.405. The summed E-state index contributed by atoms with van der Waals surface area (Å²) < 4.78 is 1.48. The molecule has 60 valence electrons. The van der Waals surface area contributed by atoms with Crippen LogP contribution in [0.2, 0.25) is 0 Å². The summed E-state index contributed by atoms with van der Waals surface area (Å²) >= 11 is 6.32. The topological polar surface area (TPSA) is 60.7 Å². The minimum Gasteiger partial charge on any atom is -0.280 e. The molecule has 0 radical (unpaired) electrons. The van der Waals surface area contributed by atoms with Crippen molar-refractivity contribution >= 4 is 28.6 Å². The first kappa shape index (κ1) is 8.48. The van der Waals surface area contributed by atoms with Crippen LogP contribution in [0.1, 0.15) is 0 Å². The molecule has 0 aromatic carbocycles. The fraction of sp³-hybridized carbons (Fsp3) is 0.500. The van der Waals surface area contributed by atoms with E-state index in [0.717, 1.165) is 0 Å². The van der Waals surface area contributed by atoms with Crippen molar-refractivity contribution in [2.24, 2.45) is 7.05 Å². The fourth-order valence-electron chi connectivity index (χ4n) is 0.465. The molecule has 1 rings (SSSR count). The quantitative estimate of drug-likeness (QED) is 0.501. The highest BCUT2D eigenvalue weighted by Crippen LogP contribution is 2.12. The van der Waals surface area contributed by atoms with Crippen molar-refractivity contribution in [2.75, 3.05) is 5.75 Å². The van der Waals surface area contributed by atoms with Gasteiger partial charge in [-0.15, -0.1) is 5.10 Å². The molecule has 5 nitrogen and oxygen atoms in total. The number of carbonyl (C=O) groups excluding carboxylic acids is 1. The Morgan fingerprint density at radius 1 is 1.82 bits per heavy atom. The van der Waals surface area contributed by atoms with E-state index in [2.05, 4.69) is 15.5 Å². The fourth-order valence-corrected chi connectivity index (χ4v) is 1.19. The third-order valence-electron chi connectivity index (χ3n) is 0.896. The maximum Gasteiger partial charge on any atom is 0.232 e. The predicted molar refractivity (Wildman–Crippen MR) is 40.4 cm³/mol. The molecule has 1 aromatic heterocycles. The molecule has 11 heavy (non-hydrogen) atoms. The second-order valence-electron chi connectivity index (χ2n) is 1.73. The summed E-state index contributed by atoms with van der Waals surface area (Å²) in [5, 5.41) is 10.8. The Bertz CT molecular complexity index is 262. The van der Waals surface area contributed by atoms with E-state index in [1.165, 1.54) is 16.4 Å². The average molecular weight is 193 g/mol. The van der Waals surface area contributed by atoms with Crippen LogP contribution in [0.5, 0.6) is 0 Å². The van der Waals surface area contributed by atoms with Crippen LogP contribution in [0.4, 0.5) is 0 Å². The number of nitrogens with zero attached hydrogens (tertiary/aromatic N) is 4. The number of thioether (sulfide) groups is 1. The summed E-state index contributed by atoms with van der Waals surface area (Å²) in [6, 6.07) is 0. The van der Waals surface area contributed by atoms with Crippen LogP contribution in [0.25, 0.3) is 0 Å². The normalized spacial score (nSPS) is 10.0. The maximum atomic E-state index is 10.3. The molecule has 0 bridgehead atoms. The Labute approximate surface area is 72.1 Å². The molecule has 7 heteroatoms. The van der Waals surface area contributed by atoms with Crippen LogP contribution in [0, 0.1) is 0 Å². The Morgan fingerprint density at radius 3 is 3.00 bits per heavy atom. The number of carbonyl (C=O) groups is 1. The van der Waals surface area contributed by atoms with Gasteiger partial charge in [-0.3, -0.25) is 4.79 Å². The van der Waals surface area contributed by atoms with Crippen LogP contribution in [-0.2, 0) is 11.8 Å². The lowest BCUT2D eigenvalue weighted by molar-refractivity contribution is -0.109. The highest BCUT2D eigenvalue weighted by Gasteiger charge is 2.04. The zero-order valence-electron chi connectivity index (χ0n) is 5.69. The van der Waals surface area contributed by atoms with Crippen molar-refractivity contribution < 1.29 is 4.79 Å². The molecule has 0 aliphatic rings. The highest BCUT2D eigenvalue weighted by atomic mass is 35.5. The second-order valence-corrected chi connectivity index (χ2v) is 3.09. The number of hydrogen-bond donors (Lipinski definition) is 0. The molecule has 0 spiro atoms. The first-order valence-corrected chi connectivity index (χ1v) is 4.10. The molecule has 0 aliphatic heterocycles. The van der Waals surface area contributed by atoms with Gasteiger partial charge in [0.05, 0.1) is 5.75 Å². The summed E-state index contributed by atoms with van der Waals surface area (Å²) in [4.78, 5) is 10.3. The molecule has 0 amide bonds. The molecular formula is C4H5ClN4OS. The summed E-state index contributed by atoms with van der Waals surface area (Å²) in [5.74, 6) is 0.190. The predicted octanol–water partition coefficient (Wildman–Crippen LogP) is 0.0676. The maximum absolute atomic E-state index is 10.3. The number of halogens is 1. The van der Waals surface area contributed by atoms with Crippen LogP contribution < -0.4 is 0 Å². The van der Waals surface area contributed by atoms with E-state index in [-0.39, 0.29) is 5.75 Å². The van der Waals surface area contributed by atoms with Crippen molar-refractivity contribution in [1.82, 2.24) is 20.2 Å². The summed E-state index contributed by atoms with van der Waals surface area (Å²) in [7, 11) is 1.70. The van der Waals surface area contributed by atoms with E-state index < -0.39 is 5.24 Å². The van der Waals surface area contributed by atoms with Crippen molar-refractivity contribution in [3.8, 4) is 0 Å². The van der Waals surface area contributed by atoms with Gasteiger partial charge in [0.2, 0.25) is 10.4 Å². The smallest absolute Gasteiger partial charge is 0.232 e. The summed E-state index contributed by atoms with van der Waals surface area (Å²) in [5.41, 5.74) is 0. The third-order valence-corrected chi connectivity index (χ3v) is 2.20. The Balaban J connectivity index is 2.51. The SMILES string of the molecule is Cn1nnnc1SCC(=O)Cl. The zero-order chi connectivity index (χ0) is 8.27. The van der Waals surface area contributed by atoms with Gasteiger partial charge in [-0.1, -0.05) is 11.8 Å². The second kappa shape index (κ2) is 3.68. The van der Waals surface area contributed by atoms with Crippen LogP contribution in [0.15, 0.2) is 5.16 Å². The average Bonchev–Trinajstić information content (AvgIpc) is 2.31. The van der Waals surface area contributed by atoms with Crippen LogP contribution in [0.3, 0.4) is 0 Å². The molecule has 0 fully saturated rings. The van der Waals surface area contributed by atoms with Crippen molar-refractivity contribution in [3.05, 3.63) is 0 Å². The van der Waals surface area contributed by atoms with E-state index in [1.54, 1.807) is 7.05 Å². The highest BCUT2D eigenvalue weighted by molar-refractivity contribution is 8.00. The van der Waals surface area contributed by atoms with Crippen molar-refractivity contribution in [3.63, 3.8) is 0 Å². The summed E-state index contributed by atoms with van der Waals surface area (Å²) in [6.07, 6.45) is 0. The van der Waals surface area contributed by atoms with Gasteiger partial charge in [-0.25, -0.2) is 4.68 Å². The first-order valence-electron chi connectivity index (χ1n) is 2.73. The van der Waals surface area contributed by atoms with Gasteiger partial charge in [0.15, 0.2) is 0 Å². The van der Waals surface area contributed by atoms with Gasteiger partial charge < -0.3 is 0 Å². The molecule has 0 aliphatic carbocycles. The van der Waals surface area contributed by atoms with Crippen molar-refractivity contribution in [2.45, 2.75) is 5.16 Å².